The number of benzene rings is 1. The predicted octanol–water partition coefficient (Wildman–Crippen LogP) is 5.76. The van der Waals surface area contributed by atoms with Crippen LogP contribution in [0.15, 0.2) is 42.5 Å². The van der Waals surface area contributed by atoms with Crippen molar-refractivity contribution in [2.24, 2.45) is 29.6 Å². The molecule has 1 saturated heterocycles. The number of hydrogen-bond donors (Lipinski definition) is 0. The number of ketones is 1. The van der Waals surface area contributed by atoms with Crippen molar-refractivity contribution >= 4 is 25.9 Å². The zero-order valence-electron chi connectivity index (χ0n) is 22.1. The van der Waals surface area contributed by atoms with E-state index in [4.69, 9.17) is 4.43 Å². The van der Waals surface area contributed by atoms with Crippen LogP contribution in [0.4, 0.5) is 0 Å². The standard InChI is InChI=1S/C29H41NO4Si/c1-19-16-17-21-14-10-11-15-22(21)23(19)25(31)24-26(34-35(5,6)29(2,3)4)28(33)30(27(24)32)18-20-12-8-7-9-13-20/h7-9,12-13,16-17,19,21-24,26H,10-11,14-15,18H2,1-6H3/t19-,21+,22-,23-,24-,26-/m0/s1. The Morgan fingerprint density at radius 3 is 2.34 bits per heavy atom. The summed E-state index contributed by atoms with van der Waals surface area (Å²) in [5.74, 6) is -1.44. The third kappa shape index (κ3) is 4.97. The van der Waals surface area contributed by atoms with Crippen molar-refractivity contribution in [1.82, 2.24) is 4.90 Å². The van der Waals surface area contributed by atoms with Crippen LogP contribution < -0.4 is 0 Å². The molecule has 0 aromatic heterocycles. The molecule has 5 nitrogen and oxygen atoms in total. The van der Waals surface area contributed by atoms with E-state index in [1.807, 2.05) is 30.3 Å². The van der Waals surface area contributed by atoms with Gasteiger partial charge in [-0.15, -0.1) is 0 Å². The molecule has 1 aliphatic heterocycles. The van der Waals surface area contributed by atoms with Crippen molar-refractivity contribution in [1.29, 1.82) is 0 Å². The fourth-order valence-electron chi connectivity index (χ4n) is 5.89. The molecule has 1 aromatic rings. The fourth-order valence-corrected chi connectivity index (χ4v) is 7.11. The quantitative estimate of drug-likeness (QED) is 0.218. The average molecular weight is 496 g/mol. The molecular formula is C29H41NO4Si. The molecule has 0 spiro atoms. The third-order valence-electron chi connectivity index (χ3n) is 8.96. The first-order valence-corrected chi connectivity index (χ1v) is 16.1. The zero-order chi connectivity index (χ0) is 25.5. The first-order chi connectivity index (χ1) is 16.4. The smallest absolute Gasteiger partial charge is 0.258 e. The monoisotopic (exact) mass is 495 g/mol. The van der Waals surface area contributed by atoms with E-state index in [2.05, 4.69) is 52.9 Å². The molecule has 190 valence electrons. The molecule has 6 heteroatoms. The lowest BCUT2D eigenvalue weighted by molar-refractivity contribution is -0.143. The normalized spacial score (nSPS) is 31.5. The predicted molar refractivity (Wildman–Crippen MR) is 140 cm³/mol. The van der Waals surface area contributed by atoms with Crippen molar-refractivity contribution in [3.8, 4) is 0 Å². The molecule has 0 unspecified atom stereocenters. The lowest BCUT2D eigenvalue weighted by Crippen LogP contribution is -2.50. The third-order valence-corrected chi connectivity index (χ3v) is 13.4. The Hall–Kier alpha value is -2.05. The Kier molecular flexibility index (Phi) is 7.27. The van der Waals surface area contributed by atoms with Gasteiger partial charge in [0.25, 0.3) is 5.91 Å². The van der Waals surface area contributed by atoms with Crippen LogP contribution in [0.3, 0.4) is 0 Å². The molecular weight excluding hydrogens is 454 g/mol. The van der Waals surface area contributed by atoms with Crippen molar-refractivity contribution in [2.75, 3.05) is 0 Å². The first-order valence-electron chi connectivity index (χ1n) is 13.2. The van der Waals surface area contributed by atoms with Gasteiger partial charge in [0.05, 0.1) is 6.54 Å². The molecule has 35 heavy (non-hydrogen) atoms. The summed E-state index contributed by atoms with van der Waals surface area (Å²) in [5.41, 5.74) is 0.870. The van der Waals surface area contributed by atoms with Gasteiger partial charge in [0.2, 0.25) is 5.91 Å². The van der Waals surface area contributed by atoms with Gasteiger partial charge in [0.15, 0.2) is 14.1 Å². The summed E-state index contributed by atoms with van der Waals surface area (Å²) in [6.07, 6.45) is 7.81. The van der Waals surface area contributed by atoms with Crippen LogP contribution in [0.1, 0.15) is 58.9 Å². The van der Waals surface area contributed by atoms with E-state index in [1.165, 1.54) is 11.3 Å². The van der Waals surface area contributed by atoms with Gasteiger partial charge < -0.3 is 4.43 Å². The van der Waals surface area contributed by atoms with Gasteiger partial charge in [0.1, 0.15) is 12.0 Å². The van der Waals surface area contributed by atoms with Crippen LogP contribution in [0.5, 0.6) is 0 Å². The van der Waals surface area contributed by atoms with Crippen molar-refractivity contribution in [3.63, 3.8) is 0 Å². The number of amides is 2. The SMILES string of the molecule is C[C@H]1C=C[C@H]2CCCC[C@@H]2[C@H]1C(=O)[C@@H]1C(=O)N(Cc2ccccc2)C(=O)[C@H]1O[Si](C)(C)C(C)(C)C. The van der Waals surface area contributed by atoms with Crippen LogP contribution in [-0.4, -0.2) is 36.9 Å². The van der Waals surface area contributed by atoms with Crippen LogP contribution >= 0.6 is 0 Å². The minimum absolute atomic E-state index is 0.0569. The summed E-state index contributed by atoms with van der Waals surface area (Å²) < 4.78 is 6.60. The van der Waals surface area contributed by atoms with Gasteiger partial charge in [-0.3, -0.25) is 19.3 Å². The molecule has 0 bridgehead atoms. The van der Waals surface area contributed by atoms with Crippen molar-refractivity contribution in [2.45, 2.75) is 84.2 Å². The van der Waals surface area contributed by atoms with E-state index in [0.717, 1.165) is 24.8 Å². The highest BCUT2D eigenvalue weighted by Crippen LogP contribution is 2.46. The molecule has 2 amide bonds. The van der Waals surface area contributed by atoms with Crippen LogP contribution in [0, 0.1) is 29.6 Å². The second-order valence-electron chi connectivity index (χ2n) is 12.3. The maximum absolute atomic E-state index is 14.3. The number of rotatable bonds is 6. The number of Topliss-reactive ketones (excluding diaryl/α,β-unsaturated/α-hetero) is 1. The number of imide groups is 1. The Balaban J connectivity index is 1.69. The summed E-state index contributed by atoms with van der Waals surface area (Å²) in [6, 6.07) is 9.50. The lowest BCUT2D eigenvalue weighted by Gasteiger charge is -2.42. The minimum Gasteiger partial charge on any atom is -0.404 e. The number of fused-ring (bicyclic) bond motifs is 1. The number of carbonyl (C=O) groups is 3. The van der Waals surface area contributed by atoms with Crippen molar-refractivity contribution < 1.29 is 18.8 Å². The van der Waals surface area contributed by atoms with Gasteiger partial charge in [-0.1, -0.05) is 83.0 Å². The fraction of sp³-hybridized carbons (Fsp3) is 0.621. The van der Waals surface area contributed by atoms with E-state index in [9.17, 15) is 14.4 Å². The molecule has 1 aromatic carbocycles. The Bertz CT molecular complexity index is 996. The topological polar surface area (TPSA) is 63.7 Å². The largest absolute Gasteiger partial charge is 0.404 e. The van der Waals surface area contributed by atoms with Gasteiger partial charge in [-0.05, 0) is 54.3 Å². The Morgan fingerprint density at radius 1 is 1.03 bits per heavy atom. The van der Waals surface area contributed by atoms with E-state index < -0.39 is 20.3 Å². The molecule has 4 rings (SSSR count). The van der Waals surface area contributed by atoms with Crippen LogP contribution in [-0.2, 0) is 25.4 Å². The van der Waals surface area contributed by atoms with Gasteiger partial charge >= 0.3 is 0 Å². The first kappa shape index (κ1) is 26.0. The Labute approximate surface area is 211 Å². The van der Waals surface area contributed by atoms with Crippen molar-refractivity contribution in [3.05, 3.63) is 48.0 Å². The highest BCUT2D eigenvalue weighted by atomic mass is 28.4. The lowest BCUT2D eigenvalue weighted by atomic mass is 9.62. The molecule has 0 radical (unpaired) electrons. The summed E-state index contributed by atoms with van der Waals surface area (Å²) >= 11 is 0. The summed E-state index contributed by atoms with van der Waals surface area (Å²) in [6.45, 7) is 12.7. The maximum atomic E-state index is 14.3. The number of allylic oxidation sites excluding steroid dienone is 2. The number of likely N-dealkylation sites (tertiary alicyclic amines) is 1. The summed E-state index contributed by atoms with van der Waals surface area (Å²) in [4.78, 5) is 43.1. The second-order valence-corrected chi connectivity index (χ2v) is 17.1. The molecule has 0 N–H and O–H groups in total. The second kappa shape index (κ2) is 9.77. The average Bonchev–Trinajstić information content (AvgIpc) is 3.02. The minimum atomic E-state index is -2.42. The molecule has 2 aliphatic carbocycles. The van der Waals surface area contributed by atoms with E-state index >= 15 is 0 Å². The number of hydrogen-bond acceptors (Lipinski definition) is 4. The number of carbonyl (C=O) groups excluding carboxylic acids is 3. The molecule has 1 heterocycles. The molecule has 3 aliphatic rings. The van der Waals surface area contributed by atoms with Gasteiger partial charge in [-0.25, -0.2) is 0 Å². The molecule has 2 fully saturated rings. The maximum Gasteiger partial charge on any atom is 0.258 e. The number of nitrogens with zero attached hydrogens (tertiary/aromatic N) is 1. The van der Waals surface area contributed by atoms with Crippen LogP contribution in [0.25, 0.3) is 0 Å². The molecule has 1 saturated carbocycles. The van der Waals surface area contributed by atoms with E-state index in [1.54, 1.807) is 0 Å². The highest BCUT2D eigenvalue weighted by Gasteiger charge is 2.57. The van der Waals surface area contributed by atoms with Gasteiger partial charge in [0, 0.05) is 5.92 Å². The summed E-state index contributed by atoms with van der Waals surface area (Å²) in [7, 11) is -2.42. The van der Waals surface area contributed by atoms with Crippen LogP contribution in [0.2, 0.25) is 18.1 Å². The van der Waals surface area contributed by atoms with E-state index in [0.29, 0.717) is 5.92 Å². The van der Waals surface area contributed by atoms with E-state index in [-0.39, 0.29) is 46.9 Å². The zero-order valence-corrected chi connectivity index (χ0v) is 23.1. The summed E-state index contributed by atoms with van der Waals surface area (Å²) in [5, 5.41) is -0.147. The molecule has 6 atom stereocenters. The highest BCUT2D eigenvalue weighted by molar-refractivity contribution is 6.74. The van der Waals surface area contributed by atoms with Gasteiger partial charge in [-0.2, -0.15) is 0 Å². The Morgan fingerprint density at radius 2 is 1.69 bits per heavy atom.